The number of nitro benzene ring substituents is 1. The van der Waals surface area contributed by atoms with E-state index in [4.69, 9.17) is 15.2 Å². The maximum atomic E-state index is 10.5. The van der Waals surface area contributed by atoms with Crippen molar-refractivity contribution < 1.29 is 14.4 Å². The molecule has 4 rings (SSSR count). The molecule has 0 radical (unpaired) electrons. The molecule has 0 bridgehead atoms. The molecule has 2 saturated heterocycles. The minimum atomic E-state index is -0.376. The molecule has 162 valence electrons. The fourth-order valence-electron chi connectivity index (χ4n) is 3.38. The molecule has 8 nitrogen and oxygen atoms in total. The highest BCUT2D eigenvalue weighted by Crippen LogP contribution is 2.14. The van der Waals surface area contributed by atoms with Gasteiger partial charge in [-0.15, -0.1) is 0 Å². The maximum absolute atomic E-state index is 10.5. The molecular weight excluding hydrogens is 384 g/mol. The van der Waals surface area contributed by atoms with Crippen molar-refractivity contribution in [2.24, 2.45) is 0 Å². The lowest BCUT2D eigenvalue weighted by molar-refractivity contribution is -0.384. The summed E-state index contributed by atoms with van der Waals surface area (Å²) in [4.78, 5) is 14.8. The van der Waals surface area contributed by atoms with Crippen LogP contribution >= 0.6 is 0 Å². The van der Waals surface area contributed by atoms with Crippen LogP contribution in [0, 0.1) is 10.1 Å². The van der Waals surface area contributed by atoms with Crippen LogP contribution in [0.3, 0.4) is 0 Å². The highest BCUT2D eigenvalue weighted by Gasteiger charge is 2.12. The number of hydrogen-bond acceptors (Lipinski definition) is 7. The van der Waals surface area contributed by atoms with Crippen LogP contribution < -0.4 is 5.73 Å². The zero-order chi connectivity index (χ0) is 21.2. The van der Waals surface area contributed by atoms with Gasteiger partial charge in [-0.3, -0.25) is 19.9 Å². The Labute approximate surface area is 177 Å². The van der Waals surface area contributed by atoms with Gasteiger partial charge in [-0.1, -0.05) is 24.3 Å². The van der Waals surface area contributed by atoms with Crippen LogP contribution in [-0.4, -0.2) is 67.3 Å². The summed E-state index contributed by atoms with van der Waals surface area (Å²) in [5.41, 5.74) is 9.02. The Morgan fingerprint density at radius 3 is 1.57 bits per heavy atom. The Hall–Kier alpha value is -2.52. The number of nitrogen functional groups attached to an aromatic ring is 1. The number of nitro groups is 1. The van der Waals surface area contributed by atoms with E-state index in [0.717, 1.165) is 76.9 Å². The zero-order valence-electron chi connectivity index (χ0n) is 17.2. The number of rotatable bonds is 5. The van der Waals surface area contributed by atoms with E-state index in [1.54, 1.807) is 12.1 Å². The third-order valence-corrected chi connectivity index (χ3v) is 5.15. The normalized spacial score (nSPS) is 17.7. The molecule has 2 aliphatic rings. The van der Waals surface area contributed by atoms with Crippen molar-refractivity contribution >= 4 is 11.4 Å². The van der Waals surface area contributed by atoms with E-state index >= 15 is 0 Å². The van der Waals surface area contributed by atoms with Crippen molar-refractivity contribution in [1.29, 1.82) is 0 Å². The highest BCUT2D eigenvalue weighted by molar-refractivity contribution is 5.39. The number of benzene rings is 2. The Morgan fingerprint density at radius 2 is 1.17 bits per heavy atom. The second-order valence-electron chi connectivity index (χ2n) is 7.44. The molecular formula is C22H30N4O4. The average molecular weight is 415 g/mol. The molecule has 2 heterocycles. The number of nitrogens with zero attached hydrogens (tertiary/aromatic N) is 3. The van der Waals surface area contributed by atoms with E-state index in [-0.39, 0.29) is 10.6 Å². The van der Waals surface area contributed by atoms with Crippen LogP contribution in [0.1, 0.15) is 11.1 Å². The summed E-state index contributed by atoms with van der Waals surface area (Å²) in [5, 5.41) is 10.5. The molecule has 2 aliphatic heterocycles. The molecule has 2 aromatic carbocycles. The average Bonchev–Trinajstić information content (AvgIpc) is 2.78. The third kappa shape index (κ3) is 7.38. The van der Waals surface area contributed by atoms with E-state index in [9.17, 15) is 10.1 Å². The molecule has 2 N–H and O–H groups in total. The van der Waals surface area contributed by atoms with Crippen molar-refractivity contribution in [3.8, 4) is 0 Å². The van der Waals surface area contributed by atoms with Crippen LogP contribution in [-0.2, 0) is 22.6 Å². The lowest BCUT2D eigenvalue weighted by Crippen LogP contribution is -2.35. The quantitative estimate of drug-likeness (QED) is 0.456. The molecule has 0 aromatic heterocycles. The van der Waals surface area contributed by atoms with Crippen molar-refractivity contribution in [3.63, 3.8) is 0 Å². The van der Waals surface area contributed by atoms with Crippen LogP contribution in [0.25, 0.3) is 0 Å². The molecule has 30 heavy (non-hydrogen) atoms. The Bertz CT molecular complexity index is 771. The van der Waals surface area contributed by atoms with Crippen LogP contribution in [0.4, 0.5) is 11.4 Å². The van der Waals surface area contributed by atoms with Gasteiger partial charge in [0.15, 0.2) is 0 Å². The standard InChI is InChI=1S/C11H14N2O3.C11H16N2O/c14-13(15)11-3-1-10(2-4-11)9-12-5-7-16-8-6-12;12-11-3-1-10(2-4-11)9-13-5-7-14-8-6-13/h1-4H,5-9H2;1-4H,5-9,12H2. The summed E-state index contributed by atoms with van der Waals surface area (Å²) in [7, 11) is 0. The number of hydrogen-bond donors (Lipinski definition) is 1. The molecule has 8 heteroatoms. The molecule has 0 amide bonds. The van der Waals surface area contributed by atoms with Crippen molar-refractivity contribution in [2.75, 3.05) is 58.3 Å². The Morgan fingerprint density at radius 1 is 0.767 bits per heavy atom. The summed E-state index contributed by atoms with van der Waals surface area (Å²) in [6, 6.07) is 14.8. The zero-order valence-corrected chi connectivity index (χ0v) is 17.2. The van der Waals surface area contributed by atoms with Crippen molar-refractivity contribution in [3.05, 3.63) is 69.8 Å². The summed E-state index contributed by atoms with van der Waals surface area (Å²) < 4.78 is 10.6. The first-order valence-electron chi connectivity index (χ1n) is 10.3. The molecule has 0 aliphatic carbocycles. The first-order chi connectivity index (χ1) is 14.6. The monoisotopic (exact) mass is 414 g/mol. The van der Waals surface area contributed by atoms with E-state index in [1.165, 1.54) is 5.56 Å². The second-order valence-corrected chi connectivity index (χ2v) is 7.44. The van der Waals surface area contributed by atoms with Gasteiger partial charge in [0.25, 0.3) is 5.69 Å². The van der Waals surface area contributed by atoms with Gasteiger partial charge < -0.3 is 15.2 Å². The van der Waals surface area contributed by atoms with E-state index in [2.05, 4.69) is 21.9 Å². The predicted molar refractivity (Wildman–Crippen MR) is 116 cm³/mol. The fourth-order valence-corrected chi connectivity index (χ4v) is 3.38. The van der Waals surface area contributed by atoms with Gasteiger partial charge in [0.1, 0.15) is 0 Å². The first-order valence-corrected chi connectivity index (χ1v) is 10.3. The first kappa shape index (κ1) is 22.2. The van der Waals surface area contributed by atoms with Gasteiger partial charge >= 0.3 is 0 Å². The van der Waals surface area contributed by atoms with Crippen LogP contribution in [0.15, 0.2) is 48.5 Å². The van der Waals surface area contributed by atoms with Gasteiger partial charge in [0.2, 0.25) is 0 Å². The topological polar surface area (TPSA) is 94.1 Å². The van der Waals surface area contributed by atoms with Gasteiger partial charge in [0.05, 0.1) is 31.4 Å². The van der Waals surface area contributed by atoms with Crippen molar-refractivity contribution in [2.45, 2.75) is 13.1 Å². The third-order valence-electron chi connectivity index (χ3n) is 5.15. The molecule has 0 saturated carbocycles. The van der Waals surface area contributed by atoms with Gasteiger partial charge in [-0.05, 0) is 23.3 Å². The number of ether oxygens (including phenoxy) is 2. The maximum Gasteiger partial charge on any atom is 0.269 e. The molecule has 2 aromatic rings. The van der Waals surface area contributed by atoms with Gasteiger partial charge in [0, 0.05) is 57.1 Å². The summed E-state index contributed by atoms with van der Waals surface area (Å²) in [6.45, 7) is 9.01. The lowest BCUT2D eigenvalue weighted by atomic mass is 10.2. The summed E-state index contributed by atoms with van der Waals surface area (Å²) in [6.07, 6.45) is 0. The minimum absolute atomic E-state index is 0.144. The fraction of sp³-hybridized carbons (Fsp3) is 0.455. The van der Waals surface area contributed by atoms with Crippen molar-refractivity contribution in [1.82, 2.24) is 9.80 Å². The number of morpholine rings is 2. The lowest BCUT2D eigenvalue weighted by Gasteiger charge is -2.26. The number of anilines is 1. The SMILES string of the molecule is Nc1ccc(CN2CCOCC2)cc1.O=[N+]([O-])c1ccc(CN2CCOCC2)cc1. The number of non-ortho nitro benzene ring substituents is 1. The molecule has 0 unspecified atom stereocenters. The van der Waals surface area contributed by atoms with Crippen LogP contribution in [0.2, 0.25) is 0 Å². The predicted octanol–water partition coefficient (Wildman–Crippen LogP) is 2.53. The Balaban J connectivity index is 0.000000172. The molecule has 2 fully saturated rings. The Kier molecular flexibility index (Phi) is 8.58. The molecule has 0 spiro atoms. The minimum Gasteiger partial charge on any atom is -0.399 e. The van der Waals surface area contributed by atoms with Gasteiger partial charge in [-0.25, -0.2) is 0 Å². The van der Waals surface area contributed by atoms with E-state index < -0.39 is 0 Å². The van der Waals surface area contributed by atoms with E-state index in [1.807, 2.05) is 24.3 Å². The highest BCUT2D eigenvalue weighted by atomic mass is 16.6. The second kappa shape index (κ2) is 11.6. The summed E-state index contributed by atoms with van der Waals surface area (Å²) >= 11 is 0. The van der Waals surface area contributed by atoms with Crippen LogP contribution in [0.5, 0.6) is 0 Å². The molecule has 0 atom stereocenters. The summed E-state index contributed by atoms with van der Waals surface area (Å²) in [5.74, 6) is 0. The van der Waals surface area contributed by atoms with Gasteiger partial charge in [-0.2, -0.15) is 0 Å². The smallest absolute Gasteiger partial charge is 0.269 e. The largest absolute Gasteiger partial charge is 0.399 e. The number of nitrogens with two attached hydrogens (primary N) is 1. The van der Waals surface area contributed by atoms with E-state index in [0.29, 0.717) is 0 Å².